The summed E-state index contributed by atoms with van der Waals surface area (Å²) in [6, 6.07) is 21.8. The fourth-order valence-electron chi connectivity index (χ4n) is 2.94. The summed E-state index contributed by atoms with van der Waals surface area (Å²) in [5.74, 6) is 1.65. The van der Waals surface area contributed by atoms with E-state index in [4.69, 9.17) is 9.15 Å². The zero-order valence-electron chi connectivity index (χ0n) is 15.0. The fraction of sp³-hybridized carbons (Fsp3) is 0.273. The fourth-order valence-corrected chi connectivity index (χ4v) is 2.94. The maximum absolute atomic E-state index is 10.4. The van der Waals surface area contributed by atoms with Crippen molar-refractivity contribution in [3.8, 4) is 5.75 Å². The summed E-state index contributed by atoms with van der Waals surface area (Å²) in [6.07, 6.45) is 1.09. The Balaban J connectivity index is 1.60. The Kier molecular flexibility index (Phi) is 6.47. The first-order valence-electron chi connectivity index (χ1n) is 8.85. The van der Waals surface area contributed by atoms with Crippen molar-refractivity contribution in [1.82, 2.24) is 4.90 Å². The van der Waals surface area contributed by atoms with Gasteiger partial charge in [-0.15, -0.1) is 0 Å². The van der Waals surface area contributed by atoms with Gasteiger partial charge in [-0.2, -0.15) is 0 Å². The van der Waals surface area contributed by atoms with Crippen LogP contribution in [0.1, 0.15) is 16.9 Å². The molecule has 3 aromatic rings. The van der Waals surface area contributed by atoms with Crippen LogP contribution in [0.2, 0.25) is 0 Å². The molecule has 0 bridgehead atoms. The summed E-state index contributed by atoms with van der Waals surface area (Å²) in [7, 11) is 0. The highest BCUT2D eigenvalue weighted by Gasteiger charge is 2.15. The summed E-state index contributed by atoms with van der Waals surface area (Å²) in [5.41, 5.74) is 2.45. The number of aliphatic hydroxyl groups excluding tert-OH is 1. The third kappa shape index (κ3) is 5.76. The predicted octanol–water partition coefficient (Wildman–Crippen LogP) is 4.03. The highest BCUT2D eigenvalue weighted by molar-refractivity contribution is 5.22. The summed E-state index contributed by atoms with van der Waals surface area (Å²) in [4.78, 5) is 2.17. The van der Waals surface area contributed by atoms with Crippen LogP contribution >= 0.6 is 0 Å². The molecule has 0 fully saturated rings. The molecule has 0 amide bonds. The molecule has 1 atom stereocenters. The molecule has 0 saturated carbocycles. The van der Waals surface area contributed by atoms with Crippen molar-refractivity contribution in [2.75, 3.05) is 13.2 Å². The molecule has 4 heteroatoms. The Morgan fingerprint density at radius 1 is 1.00 bits per heavy atom. The molecular formula is C22H25NO3. The number of aliphatic hydroxyl groups is 1. The lowest BCUT2D eigenvalue weighted by Crippen LogP contribution is -2.35. The zero-order valence-corrected chi connectivity index (χ0v) is 15.0. The molecule has 4 nitrogen and oxygen atoms in total. The number of para-hydroxylation sites is 1. The zero-order chi connectivity index (χ0) is 18.2. The summed E-state index contributed by atoms with van der Waals surface area (Å²) >= 11 is 0. The second kappa shape index (κ2) is 9.22. The topological polar surface area (TPSA) is 45.8 Å². The molecule has 0 radical (unpaired) electrons. The number of aryl methyl sites for hydroxylation is 1. The van der Waals surface area contributed by atoms with E-state index in [1.54, 1.807) is 6.26 Å². The number of rotatable bonds is 9. The standard InChI is InChI=1S/C22H25NO3/c1-18-7-5-8-19(13-18)14-23(16-22-11-6-12-25-22)15-20(24)17-26-21-9-3-2-4-10-21/h2-13,20,24H,14-17H2,1H3/t20-/m0/s1. The average molecular weight is 351 g/mol. The Morgan fingerprint density at radius 2 is 1.85 bits per heavy atom. The summed E-state index contributed by atoms with van der Waals surface area (Å²) < 4.78 is 11.2. The third-order valence-electron chi connectivity index (χ3n) is 4.10. The Labute approximate surface area is 154 Å². The van der Waals surface area contributed by atoms with Crippen molar-refractivity contribution < 1.29 is 14.3 Å². The van der Waals surface area contributed by atoms with Gasteiger partial charge in [0.2, 0.25) is 0 Å². The molecule has 1 heterocycles. The van der Waals surface area contributed by atoms with Crippen molar-refractivity contribution in [2.45, 2.75) is 26.1 Å². The molecule has 0 aliphatic heterocycles. The van der Waals surface area contributed by atoms with Crippen LogP contribution in [0.5, 0.6) is 5.75 Å². The van der Waals surface area contributed by atoms with Crippen LogP contribution in [0.3, 0.4) is 0 Å². The van der Waals surface area contributed by atoms with E-state index in [9.17, 15) is 5.11 Å². The highest BCUT2D eigenvalue weighted by atomic mass is 16.5. The van der Waals surface area contributed by atoms with E-state index in [1.807, 2.05) is 42.5 Å². The van der Waals surface area contributed by atoms with Gasteiger partial charge >= 0.3 is 0 Å². The number of nitrogens with zero attached hydrogens (tertiary/aromatic N) is 1. The summed E-state index contributed by atoms with van der Waals surface area (Å²) in [6.45, 7) is 4.23. The van der Waals surface area contributed by atoms with Crippen molar-refractivity contribution >= 4 is 0 Å². The van der Waals surface area contributed by atoms with Crippen LogP contribution in [0.25, 0.3) is 0 Å². The molecule has 0 aliphatic carbocycles. The lowest BCUT2D eigenvalue weighted by atomic mass is 10.1. The van der Waals surface area contributed by atoms with Gasteiger partial charge in [-0.25, -0.2) is 0 Å². The van der Waals surface area contributed by atoms with Gasteiger partial charge in [-0.1, -0.05) is 48.0 Å². The van der Waals surface area contributed by atoms with Gasteiger partial charge < -0.3 is 14.3 Å². The van der Waals surface area contributed by atoms with Crippen LogP contribution < -0.4 is 4.74 Å². The Hall–Kier alpha value is -2.56. The van der Waals surface area contributed by atoms with Crippen LogP contribution in [-0.4, -0.2) is 29.3 Å². The van der Waals surface area contributed by atoms with Gasteiger partial charge in [0.15, 0.2) is 0 Å². The molecule has 136 valence electrons. The number of hydrogen-bond donors (Lipinski definition) is 1. The molecule has 0 unspecified atom stereocenters. The molecular weight excluding hydrogens is 326 g/mol. The molecule has 0 aliphatic rings. The minimum atomic E-state index is -0.588. The quantitative estimate of drug-likeness (QED) is 0.632. The van der Waals surface area contributed by atoms with Gasteiger partial charge in [0.05, 0.1) is 12.8 Å². The SMILES string of the molecule is Cc1cccc(CN(Cc2ccco2)C[C@H](O)COc2ccccc2)c1. The Bertz CT molecular complexity index is 771. The van der Waals surface area contributed by atoms with Crippen molar-refractivity contribution in [3.05, 3.63) is 89.9 Å². The molecule has 0 spiro atoms. The van der Waals surface area contributed by atoms with Crippen molar-refractivity contribution in [1.29, 1.82) is 0 Å². The molecule has 0 saturated heterocycles. The first-order valence-corrected chi connectivity index (χ1v) is 8.85. The van der Waals surface area contributed by atoms with E-state index in [1.165, 1.54) is 11.1 Å². The smallest absolute Gasteiger partial charge is 0.119 e. The van der Waals surface area contributed by atoms with Gasteiger partial charge in [0.1, 0.15) is 24.2 Å². The normalized spacial score (nSPS) is 12.3. The number of hydrogen-bond acceptors (Lipinski definition) is 4. The van der Waals surface area contributed by atoms with Crippen LogP contribution in [-0.2, 0) is 13.1 Å². The first kappa shape index (κ1) is 18.2. The van der Waals surface area contributed by atoms with Crippen LogP contribution in [0.15, 0.2) is 77.4 Å². The van der Waals surface area contributed by atoms with Crippen LogP contribution in [0, 0.1) is 6.92 Å². The minimum absolute atomic E-state index is 0.256. The highest BCUT2D eigenvalue weighted by Crippen LogP contribution is 2.14. The number of furan rings is 1. The van der Waals surface area contributed by atoms with Crippen LogP contribution in [0.4, 0.5) is 0 Å². The van der Waals surface area contributed by atoms with E-state index in [0.29, 0.717) is 13.1 Å². The number of benzene rings is 2. The molecule has 1 N–H and O–H groups in total. The van der Waals surface area contributed by atoms with Gasteiger partial charge in [0, 0.05) is 13.1 Å². The van der Waals surface area contributed by atoms with Gasteiger partial charge in [-0.3, -0.25) is 4.90 Å². The summed E-state index contributed by atoms with van der Waals surface area (Å²) in [5, 5.41) is 10.4. The monoisotopic (exact) mass is 351 g/mol. The van der Waals surface area contributed by atoms with E-state index < -0.39 is 6.10 Å². The van der Waals surface area contributed by atoms with Crippen molar-refractivity contribution in [3.63, 3.8) is 0 Å². The third-order valence-corrected chi connectivity index (χ3v) is 4.10. The molecule has 2 aromatic carbocycles. The predicted molar refractivity (Wildman–Crippen MR) is 102 cm³/mol. The average Bonchev–Trinajstić information content (AvgIpc) is 3.14. The molecule has 1 aromatic heterocycles. The maximum Gasteiger partial charge on any atom is 0.119 e. The second-order valence-electron chi connectivity index (χ2n) is 6.52. The maximum atomic E-state index is 10.4. The second-order valence-corrected chi connectivity index (χ2v) is 6.52. The minimum Gasteiger partial charge on any atom is -0.491 e. The molecule has 26 heavy (non-hydrogen) atoms. The first-order chi connectivity index (χ1) is 12.7. The lowest BCUT2D eigenvalue weighted by molar-refractivity contribution is 0.0604. The number of ether oxygens (including phenoxy) is 1. The van der Waals surface area contributed by atoms with E-state index >= 15 is 0 Å². The molecule has 3 rings (SSSR count). The van der Waals surface area contributed by atoms with Gasteiger partial charge in [0.25, 0.3) is 0 Å². The largest absolute Gasteiger partial charge is 0.491 e. The van der Waals surface area contributed by atoms with E-state index in [-0.39, 0.29) is 6.61 Å². The van der Waals surface area contributed by atoms with E-state index in [0.717, 1.165) is 18.1 Å². The van der Waals surface area contributed by atoms with Crippen molar-refractivity contribution in [2.24, 2.45) is 0 Å². The van der Waals surface area contributed by atoms with E-state index in [2.05, 4.69) is 36.1 Å². The lowest BCUT2D eigenvalue weighted by Gasteiger charge is -2.24. The Morgan fingerprint density at radius 3 is 2.58 bits per heavy atom. The van der Waals surface area contributed by atoms with Gasteiger partial charge in [-0.05, 0) is 36.8 Å².